The number of hydrogen-bond acceptors (Lipinski definition) is 5. The average molecular weight is 237 g/mol. The Bertz CT molecular complexity index is 393. The van der Waals surface area contributed by atoms with Gasteiger partial charge in [0, 0.05) is 13.6 Å². The molecule has 0 aliphatic heterocycles. The molecular weight excluding hydrogens is 218 g/mol. The minimum absolute atomic E-state index is 0.0596. The van der Waals surface area contributed by atoms with Crippen molar-refractivity contribution in [3.05, 3.63) is 12.1 Å². The van der Waals surface area contributed by atoms with Gasteiger partial charge in [0.25, 0.3) is 0 Å². The molecule has 0 spiro atoms. The van der Waals surface area contributed by atoms with E-state index in [1.807, 2.05) is 11.8 Å². The van der Waals surface area contributed by atoms with Crippen molar-refractivity contribution in [2.75, 3.05) is 36.5 Å². The number of nitrogens with one attached hydrogen (secondary N) is 1. The first kappa shape index (κ1) is 13.1. The van der Waals surface area contributed by atoms with Crippen LogP contribution >= 0.6 is 0 Å². The second kappa shape index (κ2) is 5.93. The van der Waals surface area contributed by atoms with Crippen LogP contribution in [0.15, 0.2) is 12.1 Å². The minimum Gasteiger partial charge on any atom is -0.396 e. The molecule has 1 aromatic rings. The number of nitrogen functional groups attached to an aromatic ring is 2. The summed E-state index contributed by atoms with van der Waals surface area (Å²) in [5, 5.41) is 2.59. The minimum atomic E-state index is -0.0596. The van der Waals surface area contributed by atoms with Crippen molar-refractivity contribution in [2.45, 2.75) is 13.3 Å². The molecule has 0 unspecified atom stereocenters. The number of anilines is 3. The van der Waals surface area contributed by atoms with Crippen molar-refractivity contribution in [1.82, 2.24) is 10.3 Å². The maximum Gasteiger partial charge on any atom is 0.239 e. The van der Waals surface area contributed by atoms with Gasteiger partial charge in [-0.1, -0.05) is 6.92 Å². The fourth-order valence-corrected chi connectivity index (χ4v) is 1.45. The maximum absolute atomic E-state index is 11.4. The molecule has 94 valence electrons. The number of pyridine rings is 1. The smallest absolute Gasteiger partial charge is 0.239 e. The van der Waals surface area contributed by atoms with Crippen molar-refractivity contribution in [1.29, 1.82) is 0 Å². The molecule has 0 aliphatic rings. The van der Waals surface area contributed by atoms with Crippen LogP contribution in [-0.4, -0.2) is 31.0 Å². The van der Waals surface area contributed by atoms with E-state index < -0.39 is 0 Å². The predicted octanol–water partition coefficient (Wildman–Crippen LogP) is 0.208. The van der Waals surface area contributed by atoms with E-state index in [0.717, 1.165) is 13.0 Å². The zero-order valence-electron chi connectivity index (χ0n) is 10.2. The number of hydrogen-bond donors (Lipinski definition) is 3. The van der Waals surface area contributed by atoms with Crippen molar-refractivity contribution < 1.29 is 4.79 Å². The number of carbonyl (C=O) groups excluding carboxylic acids is 1. The Kier molecular flexibility index (Phi) is 4.56. The number of amides is 1. The van der Waals surface area contributed by atoms with Gasteiger partial charge in [-0.3, -0.25) is 4.79 Å². The summed E-state index contributed by atoms with van der Waals surface area (Å²) < 4.78 is 0. The van der Waals surface area contributed by atoms with Crippen molar-refractivity contribution in [3.63, 3.8) is 0 Å². The van der Waals surface area contributed by atoms with Crippen LogP contribution in [0.2, 0.25) is 0 Å². The Hall–Kier alpha value is -1.98. The SMILES string of the molecule is CCCN(CC(=O)NC)c1ccc(N)c(N)n1. The maximum atomic E-state index is 11.4. The third-order valence-electron chi connectivity index (χ3n) is 2.37. The Morgan fingerprint density at radius 3 is 2.71 bits per heavy atom. The molecule has 1 rings (SSSR count). The lowest BCUT2D eigenvalue weighted by Crippen LogP contribution is -2.36. The first-order chi connectivity index (χ1) is 8.08. The normalized spacial score (nSPS) is 10.0. The van der Waals surface area contributed by atoms with Gasteiger partial charge in [0.05, 0.1) is 12.2 Å². The van der Waals surface area contributed by atoms with Crippen LogP contribution in [0.3, 0.4) is 0 Å². The molecule has 0 saturated heterocycles. The lowest BCUT2D eigenvalue weighted by Gasteiger charge is -2.22. The van der Waals surface area contributed by atoms with Gasteiger partial charge in [-0.15, -0.1) is 0 Å². The van der Waals surface area contributed by atoms with Crippen molar-refractivity contribution in [2.24, 2.45) is 0 Å². The molecule has 6 nitrogen and oxygen atoms in total. The lowest BCUT2D eigenvalue weighted by molar-refractivity contribution is -0.119. The monoisotopic (exact) mass is 237 g/mol. The quantitative estimate of drug-likeness (QED) is 0.680. The predicted molar refractivity (Wildman–Crippen MR) is 69.6 cm³/mol. The Labute approximate surface area is 101 Å². The molecule has 0 radical (unpaired) electrons. The van der Waals surface area contributed by atoms with E-state index in [-0.39, 0.29) is 12.5 Å². The van der Waals surface area contributed by atoms with E-state index in [4.69, 9.17) is 11.5 Å². The van der Waals surface area contributed by atoms with Gasteiger partial charge in [-0.05, 0) is 18.6 Å². The summed E-state index contributed by atoms with van der Waals surface area (Å²) in [6.45, 7) is 3.04. The standard InChI is InChI=1S/C11H19N5O/c1-3-6-16(7-10(17)14-2)9-5-4-8(12)11(13)15-9/h4-5H,3,6-7,12H2,1-2H3,(H2,13,15)(H,14,17). The van der Waals surface area contributed by atoms with E-state index in [0.29, 0.717) is 17.3 Å². The van der Waals surface area contributed by atoms with E-state index in [2.05, 4.69) is 10.3 Å². The van der Waals surface area contributed by atoms with Crippen LogP contribution in [0.1, 0.15) is 13.3 Å². The van der Waals surface area contributed by atoms with Gasteiger partial charge >= 0.3 is 0 Å². The Morgan fingerprint density at radius 2 is 2.18 bits per heavy atom. The van der Waals surface area contributed by atoms with Gasteiger partial charge in [-0.25, -0.2) is 4.98 Å². The number of rotatable bonds is 5. The summed E-state index contributed by atoms with van der Waals surface area (Å²) in [7, 11) is 1.61. The number of nitrogens with two attached hydrogens (primary N) is 2. The summed E-state index contributed by atoms with van der Waals surface area (Å²) in [5.74, 6) is 0.901. The highest BCUT2D eigenvalue weighted by Crippen LogP contribution is 2.18. The topological polar surface area (TPSA) is 97.3 Å². The molecule has 1 amide bonds. The largest absolute Gasteiger partial charge is 0.396 e. The second-order valence-corrected chi connectivity index (χ2v) is 3.74. The van der Waals surface area contributed by atoms with Crippen LogP contribution < -0.4 is 21.7 Å². The zero-order valence-corrected chi connectivity index (χ0v) is 10.2. The summed E-state index contributed by atoms with van der Waals surface area (Å²) in [4.78, 5) is 17.4. The fourth-order valence-electron chi connectivity index (χ4n) is 1.45. The highest BCUT2D eigenvalue weighted by atomic mass is 16.1. The Morgan fingerprint density at radius 1 is 1.47 bits per heavy atom. The lowest BCUT2D eigenvalue weighted by atomic mass is 10.3. The number of carbonyl (C=O) groups is 1. The molecule has 0 saturated carbocycles. The van der Waals surface area contributed by atoms with E-state index in [1.165, 1.54) is 0 Å². The van der Waals surface area contributed by atoms with E-state index in [1.54, 1.807) is 19.2 Å². The first-order valence-corrected chi connectivity index (χ1v) is 5.56. The molecule has 5 N–H and O–H groups in total. The van der Waals surface area contributed by atoms with Crippen LogP contribution in [-0.2, 0) is 4.79 Å². The number of likely N-dealkylation sites (N-methyl/N-ethyl adjacent to an activating group) is 1. The number of aromatic nitrogens is 1. The fraction of sp³-hybridized carbons (Fsp3) is 0.455. The van der Waals surface area contributed by atoms with Crippen molar-refractivity contribution in [3.8, 4) is 0 Å². The molecule has 6 heteroatoms. The Balaban J connectivity index is 2.88. The van der Waals surface area contributed by atoms with Crippen LogP contribution in [0.4, 0.5) is 17.3 Å². The molecule has 0 fully saturated rings. The van der Waals surface area contributed by atoms with Crippen molar-refractivity contribution >= 4 is 23.2 Å². The molecule has 0 aliphatic carbocycles. The zero-order chi connectivity index (χ0) is 12.8. The first-order valence-electron chi connectivity index (χ1n) is 5.56. The van der Waals surface area contributed by atoms with Gasteiger partial charge in [-0.2, -0.15) is 0 Å². The highest BCUT2D eigenvalue weighted by molar-refractivity contribution is 5.81. The molecular formula is C11H19N5O. The van der Waals surface area contributed by atoms with Gasteiger partial charge in [0.2, 0.25) is 5.91 Å². The molecule has 1 heterocycles. The number of nitrogens with zero attached hydrogens (tertiary/aromatic N) is 2. The molecule has 0 aromatic carbocycles. The van der Waals surface area contributed by atoms with Gasteiger partial charge in [0.1, 0.15) is 11.6 Å². The summed E-state index contributed by atoms with van der Waals surface area (Å²) in [5.41, 5.74) is 11.7. The van der Waals surface area contributed by atoms with E-state index in [9.17, 15) is 4.79 Å². The average Bonchev–Trinajstić information content (AvgIpc) is 2.32. The highest BCUT2D eigenvalue weighted by Gasteiger charge is 2.11. The van der Waals surface area contributed by atoms with Gasteiger partial charge < -0.3 is 21.7 Å². The molecule has 0 atom stereocenters. The summed E-state index contributed by atoms with van der Waals surface area (Å²) >= 11 is 0. The van der Waals surface area contributed by atoms with E-state index >= 15 is 0 Å². The van der Waals surface area contributed by atoms with Crippen LogP contribution in [0.5, 0.6) is 0 Å². The molecule has 1 aromatic heterocycles. The summed E-state index contributed by atoms with van der Waals surface area (Å²) in [6.07, 6.45) is 0.920. The van der Waals surface area contributed by atoms with Gasteiger partial charge in [0.15, 0.2) is 0 Å². The second-order valence-electron chi connectivity index (χ2n) is 3.74. The van der Waals surface area contributed by atoms with Crippen LogP contribution in [0, 0.1) is 0 Å². The third-order valence-corrected chi connectivity index (χ3v) is 2.37. The third kappa shape index (κ3) is 3.51. The van der Waals surface area contributed by atoms with Crippen LogP contribution in [0.25, 0.3) is 0 Å². The summed E-state index contributed by atoms with van der Waals surface area (Å²) in [6, 6.07) is 3.47. The molecule has 17 heavy (non-hydrogen) atoms. The molecule has 0 bridgehead atoms.